The van der Waals surface area contributed by atoms with Crippen molar-refractivity contribution in [2.75, 3.05) is 27.3 Å². The quantitative estimate of drug-likeness (QED) is 0.608. The van der Waals surface area contributed by atoms with Gasteiger partial charge in [-0.2, -0.15) is 0 Å². The molecule has 7 nitrogen and oxygen atoms in total. The van der Waals surface area contributed by atoms with E-state index in [2.05, 4.69) is 5.32 Å². The van der Waals surface area contributed by atoms with Crippen LogP contribution in [0.15, 0.2) is 36.4 Å². The minimum atomic E-state index is -1.02. The maximum absolute atomic E-state index is 13.7. The molecule has 166 valence electrons. The van der Waals surface area contributed by atoms with Gasteiger partial charge in [0.1, 0.15) is 11.6 Å². The summed E-state index contributed by atoms with van der Waals surface area (Å²) in [5.41, 5.74) is 0.165. The van der Waals surface area contributed by atoms with Crippen LogP contribution < -0.4 is 10.1 Å². The van der Waals surface area contributed by atoms with E-state index in [1.54, 1.807) is 6.07 Å². The maximum Gasteiger partial charge on any atom is 0.308 e. The first-order valence-electron chi connectivity index (χ1n) is 9.16. The highest BCUT2D eigenvalue weighted by molar-refractivity contribution is 5.94. The number of hydrogen-bond donors (Lipinski definition) is 1. The number of ether oxygens (including phenoxy) is 2. The van der Waals surface area contributed by atoms with Crippen LogP contribution in [0.3, 0.4) is 0 Å². The van der Waals surface area contributed by atoms with Gasteiger partial charge in [-0.15, -0.1) is 0 Å². The number of nitrogens with zero attached hydrogens (tertiary/aromatic N) is 1. The highest BCUT2D eigenvalue weighted by Crippen LogP contribution is 2.18. The van der Waals surface area contributed by atoms with Crippen LogP contribution in [0.5, 0.6) is 5.75 Å². The monoisotopic (exact) mass is 438 g/mol. The molecule has 0 aliphatic carbocycles. The van der Waals surface area contributed by atoms with Gasteiger partial charge in [0.15, 0.2) is 18.2 Å². The Morgan fingerprint density at radius 3 is 2.42 bits per heavy atom. The predicted octanol–water partition coefficient (Wildman–Crippen LogP) is 2.43. The van der Waals surface area contributed by atoms with E-state index in [0.29, 0.717) is 11.6 Å². The van der Waals surface area contributed by atoms with E-state index in [1.807, 2.05) is 0 Å². The molecule has 2 aromatic carbocycles. The molecule has 2 rings (SSSR count). The van der Waals surface area contributed by atoms with Crippen molar-refractivity contribution in [3.63, 3.8) is 0 Å². The lowest BCUT2D eigenvalue weighted by molar-refractivity contribution is -0.151. The fourth-order valence-corrected chi connectivity index (χ4v) is 2.54. The topological polar surface area (TPSA) is 84.9 Å². The molecule has 0 spiro atoms. The normalized spacial score (nSPS) is 10.4. The minimum absolute atomic E-state index is 0.0842. The van der Waals surface area contributed by atoms with E-state index >= 15 is 0 Å². The third kappa shape index (κ3) is 7.02. The van der Waals surface area contributed by atoms with Gasteiger partial charge in [-0.1, -0.05) is 6.07 Å². The number of halogens is 3. The highest BCUT2D eigenvalue weighted by Gasteiger charge is 2.15. The van der Waals surface area contributed by atoms with Crippen LogP contribution >= 0.6 is 0 Å². The van der Waals surface area contributed by atoms with Crippen molar-refractivity contribution >= 4 is 17.8 Å². The molecule has 0 saturated heterocycles. The van der Waals surface area contributed by atoms with Crippen LogP contribution in [-0.4, -0.2) is 50.0 Å². The number of nitrogens with one attached hydrogen (secondary N) is 1. The molecule has 0 unspecified atom stereocenters. The molecule has 0 aromatic heterocycles. The Morgan fingerprint density at radius 1 is 1.03 bits per heavy atom. The summed E-state index contributed by atoms with van der Waals surface area (Å²) in [7, 11) is 2.81. The Morgan fingerprint density at radius 2 is 1.77 bits per heavy atom. The average molecular weight is 438 g/mol. The molecule has 2 aromatic rings. The zero-order valence-corrected chi connectivity index (χ0v) is 16.9. The van der Waals surface area contributed by atoms with Gasteiger partial charge >= 0.3 is 5.97 Å². The third-order valence-corrected chi connectivity index (χ3v) is 4.21. The van der Waals surface area contributed by atoms with Crippen molar-refractivity contribution in [1.29, 1.82) is 0 Å². The summed E-state index contributed by atoms with van der Waals surface area (Å²) in [5, 5.41) is 2.30. The molecule has 31 heavy (non-hydrogen) atoms. The van der Waals surface area contributed by atoms with Crippen molar-refractivity contribution in [3.8, 4) is 5.75 Å². The number of amides is 2. The first-order chi connectivity index (χ1) is 14.7. The van der Waals surface area contributed by atoms with E-state index in [-0.39, 0.29) is 30.8 Å². The third-order valence-electron chi connectivity index (χ3n) is 4.21. The van der Waals surface area contributed by atoms with Crippen LogP contribution in [0.25, 0.3) is 0 Å². The van der Waals surface area contributed by atoms with E-state index in [1.165, 1.54) is 31.2 Å². The number of carbonyl (C=O) groups is 3. The Kier molecular flexibility index (Phi) is 8.42. The van der Waals surface area contributed by atoms with Gasteiger partial charge in [0.05, 0.1) is 19.1 Å². The summed E-state index contributed by atoms with van der Waals surface area (Å²) in [5.74, 6) is -4.39. The Bertz CT molecular complexity index is 968. The molecule has 0 atom stereocenters. The number of benzene rings is 2. The van der Waals surface area contributed by atoms with Gasteiger partial charge < -0.3 is 19.7 Å². The van der Waals surface area contributed by atoms with E-state index in [9.17, 15) is 27.6 Å². The van der Waals surface area contributed by atoms with Gasteiger partial charge in [0, 0.05) is 26.2 Å². The summed E-state index contributed by atoms with van der Waals surface area (Å²) in [6.07, 6.45) is -0.255. The molecule has 0 bridgehead atoms. The smallest absolute Gasteiger partial charge is 0.308 e. The second-order valence-corrected chi connectivity index (χ2v) is 6.51. The summed E-state index contributed by atoms with van der Waals surface area (Å²) in [4.78, 5) is 36.9. The standard InChI is InChI=1S/C21H21F3N2O5/c1-26(11-13-3-6-18(30-2)17(24)9-13)19(27)12-31-20(28)7-8-25-21(29)15-5-4-14(22)10-16(15)23/h3-6,9-10H,7-8,11-12H2,1-2H3,(H,25,29). The SMILES string of the molecule is COc1ccc(CN(C)C(=O)COC(=O)CCNC(=O)c2ccc(F)cc2F)cc1F. The zero-order valence-electron chi connectivity index (χ0n) is 16.9. The van der Waals surface area contributed by atoms with E-state index in [0.717, 1.165) is 12.1 Å². The second kappa shape index (κ2) is 11.0. The number of carbonyl (C=O) groups excluding carboxylic acids is 3. The average Bonchev–Trinajstić information content (AvgIpc) is 2.72. The van der Waals surface area contributed by atoms with Gasteiger partial charge in [0.25, 0.3) is 11.8 Å². The Balaban J connectivity index is 1.73. The van der Waals surface area contributed by atoms with Gasteiger partial charge in [-0.05, 0) is 29.8 Å². The largest absolute Gasteiger partial charge is 0.494 e. The lowest BCUT2D eigenvalue weighted by atomic mass is 10.2. The molecule has 0 heterocycles. The molecule has 0 aliphatic heterocycles. The van der Waals surface area contributed by atoms with Crippen molar-refractivity contribution in [1.82, 2.24) is 10.2 Å². The minimum Gasteiger partial charge on any atom is -0.494 e. The molecule has 1 N–H and O–H groups in total. The Hall–Kier alpha value is -3.56. The van der Waals surface area contributed by atoms with E-state index < -0.39 is 41.8 Å². The second-order valence-electron chi connectivity index (χ2n) is 6.51. The summed E-state index contributed by atoms with van der Waals surface area (Å²) < 4.78 is 49.8. The van der Waals surface area contributed by atoms with E-state index in [4.69, 9.17) is 9.47 Å². The Labute approximate surface area is 176 Å². The molecular weight excluding hydrogens is 417 g/mol. The van der Waals surface area contributed by atoms with Crippen LogP contribution in [0.2, 0.25) is 0 Å². The van der Waals surface area contributed by atoms with Crippen LogP contribution in [0, 0.1) is 17.5 Å². The first kappa shape index (κ1) is 23.7. The highest BCUT2D eigenvalue weighted by atomic mass is 19.1. The predicted molar refractivity (Wildman–Crippen MR) is 104 cm³/mol. The number of methoxy groups -OCH3 is 1. The van der Waals surface area contributed by atoms with Crippen LogP contribution in [0.4, 0.5) is 13.2 Å². The van der Waals surface area contributed by atoms with Crippen LogP contribution in [-0.2, 0) is 20.9 Å². The molecular formula is C21H21F3N2O5. The van der Waals surface area contributed by atoms with Gasteiger partial charge in [-0.25, -0.2) is 13.2 Å². The van der Waals surface area contributed by atoms with Crippen molar-refractivity contribution in [3.05, 3.63) is 65.0 Å². The fraction of sp³-hybridized carbons (Fsp3) is 0.286. The van der Waals surface area contributed by atoms with Crippen molar-refractivity contribution < 1.29 is 37.0 Å². The molecule has 2 amide bonds. The summed E-state index contributed by atoms with van der Waals surface area (Å²) in [6, 6.07) is 6.78. The maximum atomic E-state index is 13.7. The summed E-state index contributed by atoms with van der Waals surface area (Å²) >= 11 is 0. The lowest BCUT2D eigenvalue weighted by Crippen LogP contribution is -2.32. The molecule has 0 fully saturated rings. The number of esters is 1. The molecule has 10 heteroatoms. The first-order valence-corrected chi connectivity index (χ1v) is 9.16. The van der Waals surface area contributed by atoms with Gasteiger partial charge in [0.2, 0.25) is 0 Å². The van der Waals surface area contributed by atoms with Crippen molar-refractivity contribution in [2.45, 2.75) is 13.0 Å². The molecule has 0 saturated carbocycles. The van der Waals surface area contributed by atoms with Crippen molar-refractivity contribution in [2.24, 2.45) is 0 Å². The van der Waals surface area contributed by atoms with Crippen LogP contribution in [0.1, 0.15) is 22.3 Å². The summed E-state index contributed by atoms with van der Waals surface area (Å²) in [6.45, 7) is -0.602. The number of rotatable bonds is 9. The molecule has 0 aliphatic rings. The lowest BCUT2D eigenvalue weighted by Gasteiger charge is -2.17. The zero-order chi connectivity index (χ0) is 23.0. The van der Waals surface area contributed by atoms with Gasteiger partial charge in [-0.3, -0.25) is 14.4 Å². The molecule has 0 radical (unpaired) electrons. The number of hydrogen-bond acceptors (Lipinski definition) is 5. The fourth-order valence-electron chi connectivity index (χ4n) is 2.54. The number of likely N-dealkylation sites (N-methyl/N-ethyl adjacent to an activating group) is 1.